The van der Waals surface area contributed by atoms with E-state index in [1.807, 2.05) is 13.0 Å². The van der Waals surface area contributed by atoms with E-state index in [9.17, 15) is 4.39 Å². The van der Waals surface area contributed by atoms with Gasteiger partial charge in [0.25, 0.3) is 0 Å². The Kier molecular flexibility index (Phi) is 1.36. The number of hydrogen-bond acceptors (Lipinski definition) is 0. The molecule has 0 amide bonds. The van der Waals surface area contributed by atoms with Crippen LogP contribution in [0.2, 0.25) is 12.1 Å². The summed E-state index contributed by atoms with van der Waals surface area (Å²) in [6.45, 7) is 7.04. The van der Waals surface area contributed by atoms with Crippen molar-refractivity contribution in [1.29, 1.82) is 0 Å². The zero-order valence-corrected chi connectivity index (χ0v) is 8.89. The van der Waals surface area contributed by atoms with E-state index >= 15 is 0 Å². The fourth-order valence-electron chi connectivity index (χ4n) is 3.26. The van der Waals surface area contributed by atoms with Crippen LogP contribution in [0.25, 0.3) is 0 Å². The highest BCUT2D eigenvalue weighted by molar-refractivity contribution is 6.78. The van der Waals surface area contributed by atoms with Crippen molar-refractivity contribution in [3.05, 3.63) is 29.1 Å². The first-order valence-electron chi connectivity index (χ1n) is 5.34. The van der Waals surface area contributed by atoms with Crippen molar-refractivity contribution >= 4 is 12.2 Å². The Hall–Kier alpha value is -0.785. The molecule has 2 atom stereocenters. The average Bonchev–Trinajstić information content (AvgIpc) is 2.77. The molecule has 1 saturated carbocycles. The summed E-state index contributed by atoms with van der Waals surface area (Å²) in [4.78, 5) is 0. The minimum Gasteiger partial charge on any atom is -0.207 e. The van der Waals surface area contributed by atoms with Crippen molar-refractivity contribution in [1.82, 2.24) is 0 Å². The van der Waals surface area contributed by atoms with Crippen LogP contribution in [0.3, 0.4) is 0 Å². The Morgan fingerprint density at radius 2 is 2.21 bits per heavy atom. The quantitative estimate of drug-likeness (QED) is 0.549. The van der Waals surface area contributed by atoms with Gasteiger partial charge < -0.3 is 0 Å². The first-order chi connectivity index (χ1) is 6.55. The van der Waals surface area contributed by atoms with Crippen molar-refractivity contribution in [3.63, 3.8) is 0 Å². The van der Waals surface area contributed by atoms with Gasteiger partial charge >= 0.3 is 0 Å². The first-order valence-corrected chi connectivity index (χ1v) is 5.34. The van der Waals surface area contributed by atoms with Gasteiger partial charge in [0.1, 0.15) is 5.82 Å². The molecule has 0 N–H and O–H groups in total. The second kappa shape index (κ2) is 2.24. The zero-order valence-electron chi connectivity index (χ0n) is 8.89. The van der Waals surface area contributed by atoms with Gasteiger partial charge in [-0.05, 0) is 36.2 Å². The van der Waals surface area contributed by atoms with Crippen molar-refractivity contribution in [2.75, 3.05) is 0 Å². The van der Waals surface area contributed by atoms with Crippen LogP contribution in [0.1, 0.15) is 30.4 Å². The van der Waals surface area contributed by atoms with Gasteiger partial charge in [0.2, 0.25) is 0 Å². The van der Waals surface area contributed by atoms with E-state index in [1.165, 1.54) is 17.4 Å². The van der Waals surface area contributed by atoms with Gasteiger partial charge in [-0.25, -0.2) is 4.39 Å². The Labute approximate surface area is 84.6 Å². The molecule has 0 radical (unpaired) electrons. The fraction of sp³-hybridized carbons (Fsp3) is 0.500. The maximum atomic E-state index is 13.4. The van der Waals surface area contributed by atoms with Crippen LogP contribution < -0.4 is 5.46 Å². The Morgan fingerprint density at radius 3 is 2.93 bits per heavy atom. The molecule has 2 heteroatoms. The smallest absolute Gasteiger partial charge is 0.180 e. The SMILES string of the molecule is CB1c2c(ccc(F)c2C)C2CC12C. The maximum Gasteiger partial charge on any atom is 0.180 e. The molecule has 72 valence electrons. The van der Waals surface area contributed by atoms with E-state index in [0.29, 0.717) is 17.9 Å². The highest BCUT2D eigenvalue weighted by Crippen LogP contribution is 2.70. The lowest BCUT2D eigenvalue weighted by atomic mass is 9.38. The average molecular weight is 188 g/mol. The standard InChI is InChI=1S/C12H14BF/c1-7-10(14)5-4-8-9-6-12(9,2)13(3)11(7)8/h4-5,9H,6H2,1-3H3. The minimum atomic E-state index is -0.0412. The van der Waals surface area contributed by atoms with Gasteiger partial charge in [-0.2, -0.15) is 0 Å². The largest absolute Gasteiger partial charge is 0.207 e. The topological polar surface area (TPSA) is 0 Å². The van der Waals surface area contributed by atoms with Crippen molar-refractivity contribution in [2.24, 2.45) is 0 Å². The maximum absolute atomic E-state index is 13.4. The zero-order chi connectivity index (χ0) is 10.1. The van der Waals surface area contributed by atoms with Gasteiger partial charge in [0.05, 0.1) is 0 Å². The minimum absolute atomic E-state index is 0.0412. The van der Waals surface area contributed by atoms with Gasteiger partial charge in [-0.15, -0.1) is 0 Å². The molecule has 3 rings (SSSR count). The molecule has 0 spiro atoms. The van der Waals surface area contributed by atoms with E-state index in [4.69, 9.17) is 0 Å². The predicted molar refractivity (Wildman–Crippen MR) is 58.1 cm³/mol. The number of fused-ring (bicyclic) bond motifs is 3. The summed E-state index contributed by atoms with van der Waals surface area (Å²) >= 11 is 0. The Bertz CT molecular complexity index is 427. The van der Waals surface area contributed by atoms with E-state index < -0.39 is 0 Å². The molecule has 0 bridgehead atoms. The lowest BCUT2D eigenvalue weighted by Crippen LogP contribution is -2.32. The molecule has 0 saturated heterocycles. The summed E-state index contributed by atoms with van der Waals surface area (Å²) in [5.74, 6) is 0.673. The van der Waals surface area contributed by atoms with E-state index in [-0.39, 0.29) is 5.82 Å². The van der Waals surface area contributed by atoms with Gasteiger partial charge in [-0.3, -0.25) is 0 Å². The van der Waals surface area contributed by atoms with Gasteiger partial charge in [-0.1, -0.05) is 30.8 Å². The van der Waals surface area contributed by atoms with Crippen molar-refractivity contribution < 1.29 is 4.39 Å². The molecule has 2 aliphatic rings. The third-order valence-electron chi connectivity index (χ3n) is 4.56. The number of benzene rings is 1. The summed E-state index contributed by atoms with van der Waals surface area (Å²) in [5.41, 5.74) is 3.59. The Morgan fingerprint density at radius 1 is 1.50 bits per heavy atom. The summed E-state index contributed by atoms with van der Waals surface area (Å²) in [6, 6.07) is 3.63. The van der Waals surface area contributed by atoms with Crippen LogP contribution in [-0.2, 0) is 0 Å². The monoisotopic (exact) mass is 188 g/mol. The van der Waals surface area contributed by atoms with Gasteiger partial charge in [0, 0.05) is 0 Å². The molecule has 1 fully saturated rings. The first kappa shape index (κ1) is 8.52. The van der Waals surface area contributed by atoms with Crippen LogP contribution in [0, 0.1) is 12.7 Å². The van der Waals surface area contributed by atoms with E-state index in [2.05, 4.69) is 13.7 Å². The summed E-state index contributed by atoms with van der Waals surface area (Å²) in [5, 5.41) is 0.445. The molecule has 1 heterocycles. The molecule has 0 nitrogen and oxygen atoms in total. The van der Waals surface area contributed by atoms with Crippen LogP contribution in [0.4, 0.5) is 4.39 Å². The molecule has 2 unspecified atom stereocenters. The second-order valence-corrected chi connectivity index (χ2v) is 5.16. The number of hydrogen-bond donors (Lipinski definition) is 0. The number of rotatable bonds is 0. The van der Waals surface area contributed by atoms with Crippen LogP contribution in [0.5, 0.6) is 0 Å². The summed E-state index contributed by atoms with van der Waals surface area (Å²) in [7, 11) is 0. The molecule has 1 aliphatic heterocycles. The Balaban J connectivity index is 2.26. The summed E-state index contributed by atoms with van der Waals surface area (Å²) < 4.78 is 13.4. The number of halogens is 1. The van der Waals surface area contributed by atoms with Crippen LogP contribution >= 0.6 is 0 Å². The third kappa shape index (κ3) is 0.761. The third-order valence-corrected chi connectivity index (χ3v) is 4.56. The van der Waals surface area contributed by atoms with Crippen LogP contribution in [-0.4, -0.2) is 6.71 Å². The molecule has 0 aromatic heterocycles. The normalized spacial score (nSPS) is 32.9. The molecule has 1 aliphatic carbocycles. The fourth-order valence-corrected chi connectivity index (χ4v) is 3.26. The van der Waals surface area contributed by atoms with Crippen molar-refractivity contribution in [2.45, 2.75) is 38.3 Å². The molecule has 14 heavy (non-hydrogen) atoms. The molecular formula is C12H14BF. The second-order valence-electron chi connectivity index (χ2n) is 5.16. The van der Waals surface area contributed by atoms with E-state index in [1.54, 1.807) is 6.07 Å². The lowest BCUT2D eigenvalue weighted by molar-refractivity contribution is 0.619. The van der Waals surface area contributed by atoms with Crippen molar-refractivity contribution in [3.8, 4) is 0 Å². The van der Waals surface area contributed by atoms with E-state index in [0.717, 1.165) is 5.56 Å². The molecule has 1 aromatic rings. The lowest BCUT2D eigenvalue weighted by Gasteiger charge is -2.14. The highest BCUT2D eigenvalue weighted by Gasteiger charge is 2.61. The summed E-state index contributed by atoms with van der Waals surface area (Å²) in [6.07, 6.45) is 1.30. The predicted octanol–water partition coefficient (Wildman–Crippen LogP) is 2.73. The van der Waals surface area contributed by atoms with Gasteiger partial charge in [0.15, 0.2) is 6.71 Å². The van der Waals surface area contributed by atoms with Crippen LogP contribution in [0.15, 0.2) is 12.1 Å². The highest BCUT2D eigenvalue weighted by atomic mass is 19.1. The molecule has 1 aromatic carbocycles. The molecular weight excluding hydrogens is 174 g/mol.